The lowest BCUT2D eigenvalue weighted by Crippen LogP contribution is -2.43. The number of benzene rings is 1. The fourth-order valence-corrected chi connectivity index (χ4v) is 1.19. The summed E-state index contributed by atoms with van der Waals surface area (Å²) < 4.78 is 30.2. The molecule has 0 saturated heterocycles. The number of nitrogens with one attached hydrogen (secondary N) is 1. The number of esters is 1. The molecule has 1 amide bonds. The molecule has 98 valence electrons. The van der Waals surface area contributed by atoms with Crippen molar-refractivity contribution < 1.29 is 23.1 Å². The Bertz CT molecular complexity index is 445. The molecule has 1 aromatic rings. The molecule has 0 radical (unpaired) electrons. The highest BCUT2D eigenvalue weighted by Gasteiger charge is 2.23. The highest BCUT2D eigenvalue weighted by Crippen LogP contribution is 2.12. The molecule has 0 aliphatic heterocycles. The van der Waals surface area contributed by atoms with Crippen molar-refractivity contribution in [3.05, 3.63) is 29.8 Å². The molecular weight excluding hydrogens is 246 g/mol. The average molecular weight is 258 g/mol. The molecule has 0 bridgehead atoms. The third-order valence-electron chi connectivity index (χ3n) is 1.95. The van der Waals surface area contributed by atoms with Gasteiger partial charge in [0.1, 0.15) is 11.6 Å². The number of nitrogens with two attached hydrogens (primary N) is 1. The molecular formula is C11H12F2N2O3. The molecule has 3 N–H and O–H groups in total. The fourth-order valence-electron chi connectivity index (χ4n) is 1.19. The first kappa shape index (κ1) is 14.0. The van der Waals surface area contributed by atoms with Crippen molar-refractivity contribution in [2.45, 2.75) is 13.0 Å². The van der Waals surface area contributed by atoms with Gasteiger partial charge >= 0.3 is 5.97 Å². The number of amides is 1. The lowest BCUT2D eigenvalue weighted by atomic mass is 10.2. The van der Waals surface area contributed by atoms with Gasteiger partial charge in [0.15, 0.2) is 6.04 Å². The summed E-state index contributed by atoms with van der Waals surface area (Å²) in [5, 5.41) is 2.12. The number of carbonyl (C=O) groups excluding carboxylic acids is 2. The molecule has 0 spiro atoms. The van der Waals surface area contributed by atoms with Crippen LogP contribution in [0.2, 0.25) is 0 Å². The highest BCUT2D eigenvalue weighted by atomic mass is 19.1. The molecule has 1 unspecified atom stereocenters. The van der Waals surface area contributed by atoms with E-state index in [0.29, 0.717) is 6.07 Å². The number of ether oxygens (including phenoxy) is 1. The van der Waals surface area contributed by atoms with Gasteiger partial charge in [0.2, 0.25) is 0 Å². The number of rotatable bonds is 4. The number of anilines is 1. The molecule has 1 atom stereocenters. The monoisotopic (exact) mass is 258 g/mol. The number of hydrogen-bond acceptors (Lipinski definition) is 4. The van der Waals surface area contributed by atoms with Crippen molar-refractivity contribution in [1.29, 1.82) is 0 Å². The second kappa shape index (κ2) is 6.06. The van der Waals surface area contributed by atoms with E-state index in [9.17, 15) is 18.4 Å². The Balaban J connectivity index is 2.72. The van der Waals surface area contributed by atoms with Gasteiger partial charge in [0.05, 0.1) is 6.61 Å². The molecule has 0 heterocycles. The van der Waals surface area contributed by atoms with Crippen LogP contribution in [0.4, 0.5) is 14.5 Å². The third kappa shape index (κ3) is 3.77. The van der Waals surface area contributed by atoms with Crippen molar-refractivity contribution in [3.8, 4) is 0 Å². The smallest absolute Gasteiger partial charge is 0.332 e. The Hall–Kier alpha value is -2.02. The van der Waals surface area contributed by atoms with Gasteiger partial charge < -0.3 is 15.8 Å². The number of carbonyl (C=O) groups is 2. The summed E-state index contributed by atoms with van der Waals surface area (Å²) in [7, 11) is 0. The van der Waals surface area contributed by atoms with E-state index in [-0.39, 0.29) is 12.3 Å². The minimum absolute atomic E-state index is 0.0778. The average Bonchev–Trinajstić information content (AvgIpc) is 2.26. The Morgan fingerprint density at radius 1 is 1.33 bits per heavy atom. The summed E-state index contributed by atoms with van der Waals surface area (Å²) in [6.45, 7) is 1.64. The molecule has 0 fully saturated rings. The Kier molecular flexibility index (Phi) is 4.73. The van der Waals surface area contributed by atoms with Crippen LogP contribution in [0.1, 0.15) is 6.92 Å². The maximum Gasteiger partial charge on any atom is 0.332 e. The minimum Gasteiger partial charge on any atom is -0.464 e. The Morgan fingerprint density at radius 3 is 2.39 bits per heavy atom. The van der Waals surface area contributed by atoms with Gasteiger partial charge in [-0.3, -0.25) is 4.79 Å². The van der Waals surface area contributed by atoms with Gasteiger partial charge in [-0.15, -0.1) is 0 Å². The largest absolute Gasteiger partial charge is 0.464 e. The van der Waals surface area contributed by atoms with Crippen molar-refractivity contribution in [1.82, 2.24) is 0 Å². The summed E-state index contributed by atoms with van der Waals surface area (Å²) in [6, 6.07) is 0.912. The zero-order chi connectivity index (χ0) is 13.7. The summed E-state index contributed by atoms with van der Waals surface area (Å²) in [4.78, 5) is 22.6. The van der Waals surface area contributed by atoms with E-state index >= 15 is 0 Å². The summed E-state index contributed by atoms with van der Waals surface area (Å²) in [5.74, 6) is -3.52. The van der Waals surface area contributed by atoms with E-state index in [2.05, 4.69) is 10.1 Å². The van der Waals surface area contributed by atoms with Crippen LogP contribution in [-0.4, -0.2) is 24.5 Å². The van der Waals surface area contributed by atoms with Crippen LogP contribution in [0.15, 0.2) is 18.2 Å². The molecule has 1 rings (SSSR count). The molecule has 18 heavy (non-hydrogen) atoms. The van der Waals surface area contributed by atoms with Crippen LogP contribution < -0.4 is 11.1 Å². The summed E-state index contributed by atoms with van der Waals surface area (Å²) >= 11 is 0. The number of hydrogen-bond donors (Lipinski definition) is 2. The molecule has 5 nitrogen and oxygen atoms in total. The second-order valence-electron chi connectivity index (χ2n) is 3.38. The van der Waals surface area contributed by atoms with E-state index < -0.39 is 29.6 Å². The highest BCUT2D eigenvalue weighted by molar-refractivity contribution is 6.08. The zero-order valence-corrected chi connectivity index (χ0v) is 9.57. The van der Waals surface area contributed by atoms with Crippen molar-refractivity contribution in [2.24, 2.45) is 5.73 Å². The molecule has 0 aliphatic carbocycles. The number of halogens is 2. The van der Waals surface area contributed by atoms with Crippen LogP contribution in [-0.2, 0) is 14.3 Å². The molecule has 1 aromatic carbocycles. The van der Waals surface area contributed by atoms with Crippen molar-refractivity contribution in [2.75, 3.05) is 11.9 Å². The molecule has 0 aliphatic rings. The van der Waals surface area contributed by atoms with Gasteiger partial charge in [0.25, 0.3) is 5.91 Å². The quantitative estimate of drug-likeness (QED) is 0.618. The summed E-state index contributed by atoms with van der Waals surface area (Å²) in [6.07, 6.45) is 0. The Labute approximate surface area is 102 Å². The second-order valence-corrected chi connectivity index (χ2v) is 3.38. The van der Waals surface area contributed by atoms with Gasteiger partial charge in [-0.1, -0.05) is 0 Å². The van der Waals surface area contributed by atoms with Gasteiger partial charge in [-0.05, 0) is 19.1 Å². The lowest BCUT2D eigenvalue weighted by molar-refractivity contribution is -0.146. The van der Waals surface area contributed by atoms with E-state index in [1.165, 1.54) is 0 Å². The van der Waals surface area contributed by atoms with Crippen molar-refractivity contribution in [3.63, 3.8) is 0 Å². The van der Waals surface area contributed by atoms with E-state index in [1.807, 2.05) is 0 Å². The van der Waals surface area contributed by atoms with Gasteiger partial charge in [0, 0.05) is 11.8 Å². The normalized spacial score (nSPS) is 11.8. The topological polar surface area (TPSA) is 81.4 Å². The first-order chi connectivity index (χ1) is 8.43. The van der Waals surface area contributed by atoms with Crippen LogP contribution in [0.5, 0.6) is 0 Å². The molecule has 7 heteroatoms. The van der Waals surface area contributed by atoms with Crippen LogP contribution >= 0.6 is 0 Å². The lowest BCUT2D eigenvalue weighted by Gasteiger charge is -2.11. The minimum atomic E-state index is -1.55. The Morgan fingerprint density at radius 2 is 1.89 bits per heavy atom. The molecule has 0 saturated carbocycles. The maximum absolute atomic E-state index is 12.8. The van der Waals surface area contributed by atoms with E-state index in [4.69, 9.17) is 5.73 Å². The predicted octanol–water partition coefficient (Wildman–Crippen LogP) is 0.794. The van der Waals surface area contributed by atoms with E-state index in [0.717, 1.165) is 12.1 Å². The summed E-state index contributed by atoms with van der Waals surface area (Å²) in [5.41, 5.74) is 5.17. The zero-order valence-electron chi connectivity index (χ0n) is 9.57. The van der Waals surface area contributed by atoms with Crippen LogP contribution in [0, 0.1) is 11.6 Å². The van der Waals surface area contributed by atoms with Gasteiger partial charge in [-0.2, -0.15) is 0 Å². The first-order valence-electron chi connectivity index (χ1n) is 5.13. The third-order valence-corrected chi connectivity index (χ3v) is 1.95. The first-order valence-corrected chi connectivity index (χ1v) is 5.13. The van der Waals surface area contributed by atoms with Crippen molar-refractivity contribution >= 4 is 17.6 Å². The molecule has 0 aromatic heterocycles. The SMILES string of the molecule is CCOC(=O)C(N)C(=O)Nc1cc(F)cc(F)c1. The van der Waals surface area contributed by atoms with Crippen LogP contribution in [0.3, 0.4) is 0 Å². The van der Waals surface area contributed by atoms with E-state index in [1.54, 1.807) is 6.92 Å². The van der Waals surface area contributed by atoms with Gasteiger partial charge in [-0.25, -0.2) is 13.6 Å². The van der Waals surface area contributed by atoms with Crippen LogP contribution in [0.25, 0.3) is 0 Å². The fraction of sp³-hybridized carbons (Fsp3) is 0.273. The maximum atomic E-state index is 12.8. The standard InChI is InChI=1S/C11H12F2N2O3/c1-2-18-11(17)9(14)10(16)15-8-4-6(12)3-7(13)5-8/h3-5,9H,2,14H2,1H3,(H,15,16). The predicted molar refractivity (Wildman–Crippen MR) is 59.6 cm³/mol.